The molecule has 4 rings (SSSR count). The molecule has 2 aliphatic rings. The van der Waals surface area contributed by atoms with Crippen LogP contribution in [-0.2, 0) is 19.7 Å². The van der Waals surface area contributed by atoms with Gasteiger partial charge in [-0.05, 0) is 49.2 Å². The van der Waals surface area contributed by atoms with Gasteiger partial charge >= 0.3 is 0 Å². The number of amides is 1. The number of rotatable bonds is 4. The summed E-state index contributed by atoms with van der Waals surface area (Å²) in [5.74, 6) is -1.71. The maximum Gasteiger partial charge on any atom is 0.268 e. The number of oxime groups is 1. The van der Waals surface area contributed by atoms with Gasteiger partial charge in [0, 0.05) is 24.2 Å². The zero-order valence-electron chi connectivity index (χ0n) is 16.1. The second kappa shape index (κ2) is 7.67. The third-order valence-electron chi connectivity index (χ3n) is 5.05. The molecule has 1 atom stereocenters. The van der Waals surface area contributed by atoms with Gasteiger partial charge in [-0.25, -0.2) is 17.2 Å². The minimum atomic E-state index is -3.36. The summed E-state index contributed by atoms with van der Waals surface area (Å²) in [6.07, 6.45) is -0.487. The van der Waals surface area contributed by atoms with E-state index in [-0.39, 0.29) is 23.4 Å². The van der Waals surface area contributed by atoms with E-state index in [1.54, 1.807) is 25.1 Å². The summed E-state index contributed by atoms with van der Waals surface area (Å²) in [7, 11) is -3.36. The van der Waals surface area contributed by atoms with Crippen molar-refractivity contribution in [2.45, 2.75) is 25.9 Å². The summed E-state index contributed by atoms with van der Waals surface area (Å²) in [6, 6.07) is 7.95. The van der Waals surface area contributed by atoms with Crippen LogP contribution in [-0.4, -0.2) is 38.4 Å². The lowest BCUT2D eigenvalue weighted by atomic mass is 10.0. The fourth-order valence-corrected chi connectivity index (χ4v) is 5.10. The van der Waals surface area contributed by atoms with Crippen LogP contribution >= 0.6 is 0 Å². The fourth-order valence-electron chi connectivity index (χ4n) is 3.48. The lowest BCUT2D eigenvalue weighted by Gasteiger charge is -2.20. The molecule has 0 aliphatic carbocycles. The molecule has 10 heteroatoms. The molecule has 2 heterocycles. The number of carbonyl (C=O) groups is 1. The van der Waals surface area contributed by atoms with Gasteiger partial charge in [-0.1, -0.05) is 11.2 Å². The SMILES string of the molecule is Cc1ccc(NC(=O)[C@H]2CC(c3cc(F)ccc3F)=NO2)cc1N1CCCS1(=O)=O. The standard InChI is InChI=1S/C20H19F2N3O4S/c1-12-3-5-14(10-18(12)25-7-2-8-30(25,27)28)23-20(26)19-11-17(24-29-19)15-9-13(21)4-6-16(15)22/h3-6,9-10,19H,2,7-8,11H2,1H3,(H,23,26)/t19-/m1/s1. The van der Waals surface area contributed by atoms with Crippen molar-refractivity contribution in [1.82, 2.24) is 0 Å². The molecule has 1 N–H and O–H groups in total. The number of benzene rings is 2. The number of anilines is 2. The molecule has 0 aromatic heterocycles. The average molecular weight is 435 g/mol. The second-order valence-corrected chi connectivity index (χ2v) is 9.21. The molecular formula is C20H19F2N3O4S. The molecule has 1 saturated heterocycles. The number of hydrogen-bond acceptors (Lipinski definition) is 5. The van der Waals surface area contributed by atoms with E-state index in [2.05, 4.69) is 10.5 Å². The van der Waals surface area contributed by atoms with E-state index in [0.717, 1.165) is 23.8 Å². The largest absolute Gasteiger partial charge is 0.382 e. The van der Waals surface area contributed by atoms with Crippen molar-refractivity contribution >= 4 is 33.0 Å². The Labute approximate surface area is 172 Å². The minimum Gasteiger partial charge on any atom is -0.382 e. The third kappa shape index (κ3) is 3.87. The maximum atomic E-state index is 13.9. The molecule has 0 radical (unpaired) electrons. The van der Waals surface area contributed by atoms with E-state index < -0.39 is 33.7 Å². The van der Waals surface area contributed by atoms with E-state index in [9.17, 15) is 22.0 Å². The molecule has 0 unspecified atom stereocenters. The van der Waals surface area contributed by atoms with Crippen LogP contribution < -0.4 is 9.62 Å². The smallest absolute Gasteiger partial charge is 0.268 e. The molecule has 2 aromatic carbocycles. The van der Waals surface area contributed by atoms with Gasteiger partial charge < -0.3 is 10.2 Å². The van der Waals surface area contributed by atoms with Crippen LogP contribution in [0.2, 0.25) is 0 Å². The number of nitrogens with zero attached hydrogens (tertiary/aromatic N) is 2. The van der Waals surface area contributed by atoms with E-state index in [1.165, 1.54) is 4.31 Å². The molecule has 2 aliphatic heterocycles. The van der Waals surface area contributed by atoms with Gasteiger partial charge in [0.15, 0.2) is 0 Å². The van der Waals surface area contributed by atoms with Crippen LogP contribution in [0.1, 0.15) is 24.0 Å². The van der Waals surface area contributed by atoms with E-state index >= 15 is 0 Å². The normalized spacial score (nSPS) is 20.0. The number of sulfonamides is 1. The summed E-state index contributed by atoms with van der Waals surface area (Å²) >= 11 is 0. The van der Waals surface area contributed by atoms with Crippen molar-refractivity contribution in [3.63, 3.8) is 0 Å². The van der Waals surface area contributed by atoms with Crippen LogP contribution in [0.5, 0.6) is 0 Å². The highest BCUT2D eigenvalue weighted by atomic mass is 32.2. The van der Waals surface area contributed by atoms with Crippen molar-refractivity contribution in [3.8, 4) is 0 Å². The van der Waals surface area contributed by atoms with Gasteiger partial charge in [0.05, 0.1) is 17.2 Å². The van der Waals surface area contributed by atoms with E-state index in [1.807, 2.05) is 0 Å². The van der Waals surface area contributed by atoms with Crippen molar-refractivity contribution in [3.05, 3.63) is 59.2 Å². The van der Waals surface area contributed by atoms with Crippen LogP contribution in [0.25, 0.3) is 0 Å². The minimum absolute atomic E-state index is 0.0224. The van der Waals surface area contributed by atoms with Crippen LogP contribution in [0, 0.1) is 18.6 Å². The Bertz CT molecular complexity index is 1150. The molecule has 158 valence electrons. The fraction of sp³-hybridized carbons (Fsp3) is 0.300. The molecule has 1 fully saturated rings. The highest BCUT2D eigenvalue weighted by molar-refractivity contribution is 7.93. The third-order valence-corrected chi connectivity index (χ3v) is 6.90. The predicted molar refractivity (Wildman–Crippen MR) is 108 cm³/mol. The van der Waals surface area contributed by atoms with E-state index in [4.69, 9.17) is 4.84 Å². The Kier molecular flexibility index (Phi) is 5.19. The predicted octanol–water partition coefficient (Wildman–Crippen LogP) is 2.94. The summed E-state index contributed by atoms with van der Waals surface area (Å²) in [5, 5.41) is 6.40. The molecule has 30 heavy (non-hydrogen) atoms. The number of nitrogens with one attached hydrogen (secondary N) is 1. The second-order valence-electron chi connectivity index (χ2n) is 7.19. The first-order valence-corrected chi connectivity index (χ1v) is 11.0. The Morgan fingerprint density at radius 3 is 2.77 bits per heavy atom. The monoisotopic (exact) mass is 435 g/mol. The average Bonchev–Trinajstić information content (AvgIpc) is 3.32. The Morgan fingerprint density at radius 2 is 2.03 bits per heavy atom. The lowest BCUT2D eigenvalue weighted by molar-refractivity contribution is -0.125. The molecule has 2 aromatic rings. The zero-order valence-corrected chi connectivity index (χ0v) is 16.9. The number of halogens is 2. The van der Waals surface area contributed by atoms with Crippen molar-refractivity contribution in [1.29, 1.82) is 0 Å². The lowest BCUT2D eigenvalue weighted by Crippen LogP contribution is -2.29. The molecule has 1 amide bonds. The topological polar surface area (TPSA) is 88.1 Å². The van der Waals surface area contributed by atoms with Gasteiger partial charge in [-0.3, -0.25) is 9.10 Å². The highest BCUT2D eigenvalue weighted by Crippen LogP contribution is 2.30. The van der Waals surface area contributed by atoms with Gasteiger partial charge in [0.2, 0.25) is 16.1 Å². The summed E-state index contributed by atoms with van der Waals surface area (Å²) in [6.45, 7) is 2.19. The highest BCUT2D eigenvalue weighted by Gasteiger charge is 2.32. The zero-order chi connectivity index (χ0) is 21.5. The first-order valence-electron chi connectivity index (χ1n) is 9.34. The van der Waals surface area contributed by atoms with Gasteiger partial charge in [-0.2, -0.15) is 0 Å². The first kappa shape index (κ1) is 20.3. The van der Waals surface area contributed by atoms with E-state index in [0.29, 0.717) is 24.3 Å². The quantitative estimate of drug-likeness (QED) is 0.800. The number of aryl methyl sites for hydroxylation is 1. The first-order chi connectivity index (χ1) is 14.2. The molecule has 0 saturated carbocycles. The molecule has 7 nitrogen and oxygen atoms in total. The van der Waals surface area contributed by atoms with Crippen LogP contribution in [0.4, 0.5) is 20.2 Å². The molecule has 0 spiro atoms. The van der Waals surface area contributed by atoms with Crippen LogP contribution in [0.3, 0.4) is 0 Å². The van der Waals surface area contributed by atoms with Gasteiger partial charge in [0.25, 0.3) is 5.91 Å². The molecule has 0 bridgehead atoms. The maximum absolute atomic E-state index is 13.9. The summed E-state index contributed by atoms with van der Waals surface area (Å²) < 4.78 is 53.1. The van der Waals surface area contributed by atoms with Crippen molar-refractivity contribution in [2.24, 2.45) is 5.16 Å². The summed E-state index contributed by atoms with van der Waals surface area (Å²) in [5.41, 5.74) is 1.76. The summed E-state index contributed by atoms with van der Waals surface area (Å²) in [4.78, 5) is 17.7. The van der Waals surface area contributed by atoms with Gasteiger partial charge in [0.1, 0.15) is 11.6 Å². The van der Waals surface area contributed by atoms with Gasteiger partial charge in [-0.15, -0.1) is 0 Å². The Morgan fingerprint density at radius 1 is 1.23 bits per heavy atom. The van der Waals surface area contributed by atoms with Crippen LogP contribution in [0.15, 0.2) is 41.6 Å². The Hall–Kier alpha value is -3.01. The number of hydrogen-bond donors (Lipinski definition) is 1. The van der Waals surface area contributed by atoms with Crippen molar-refractivity contribution < 1.29 is 26.8 Å². The number of carbonyl (C=O) groups excluding carboxylic acids is 1. The van der Waals surface area contributed by atoms with Crippen molar-refractivity contribution in [2.75, 3.05) is 21.9 Å². The molecular weight excluding hydrogens is 416 g/mol. The Balaban J connectivity index is 1.48.